The first-order chi connectivity index (χ1) is 15.0. The number of methoxy groups -OCH3 is 1. The number of rotatable bonds is 6. The van der Waals surface area contributed by atoms with Crippen molar-refractivity contribution in [1.29, 1.82) is 0 Å². The number of carbonyl (C=O) groups excluding carboxylic acids is 2. The Morgan fingerprint density at radius 3 is 2.03 bits per heavy atom. The van der Waals surface area contributed by atoms with Crippen LogP contribution in [0, 0.1) is 6.92 Å². The fraction of sp³-hybridized carbons (Fsp3) is 0.125. The minimum Gasteiger partial charge on any atom is -0.465 e. The van der Waals surface area contributed by atoms with Gasteiger partial charge in [0.25, 0.3) is 5.91 Å². The quantitative estimate of drug-likeness (QED) is 0.394. The molecule has 3 aromatic carbocycles. The van der Waals surface area contributed by atoms with Crippen molar-refractivity contribution in [2.24, 2.45) is 0 Å². The number of benzene rings is 3. The Balaban J connectivity index is 1.72. The Hall–Kier alpha value is -3.71. The number of thiocarbonyl (C=S) groups is 1. The number of aryl methyl sites for hydroxylation is 1. The van der Waals surface area contributed by atoms with Gasteiger partial charge in [-0.25, -0.2) is 4.79 Å². The zero-order valence-corrected chi connectivity index (χ0v) is 18.0. The third-order valence-electron chi connectivity index (χ3n) is 4.55. The molecule has 0 spiro atoms. The van der Waals surface area contributed by atoms with Gasteiger partial charge in [0, 0.05) is 11.4 Å². The number of esters is 1. The molecule has 31 heavy (non-hydrogen) atoms. The minimum absolute atomic E-state index is 0.236. The highest BCUT2D eigenvalue weighted by molar-refractivity contribution is 7.80. The molecule has 0 fully saturated rings. The van der Waals surface area contributed by atoms with Gasteiger partial charge in [-0.3, -0.25) is 4.79 Å². The molecule has 6 nitrogen and oxygen atoms in total. The van der Waals surface area contributed by atoms with E-state index in [4.69, 9.17) is 17.0 Å². The van der Waals surface area contributed by atoms with Gasteiger partial charge in [0.15, 0.2) is 5.11 Å². The Kier molecular flexibility index (Phi) is 7.35. The highest BCUT2D eigenvalue weighted by Gasteiger charge is 2.21. The number of anilines is 2. The fourth-order valence-electron chi connectivity index (χ4n) is 2.90. The van der Waals surface area contributed by atoms with Crippen LogP contribution in [0.15, 0.2) is 78.9 Å². The molecule has 3 N–H and O–H groups in total. The van der Waals surface area contributed by atoms with Gasteiger partial charge < -0.3 is 20.7 Å². The van der Waals surface area contributed by atoms with Crippen molar-refractivity contribution in [3.8, 4) is 0 Å². The molecule has 0 bridgehead atoms. The lowest BCUT2D eigenvalue weighted by molar-refractivity contribution is -0.117. The summed E-state index contributed by atoms with van der Waals surface area (Å²) in [6.45, 7) is 1.99. The summed E-state index contributed by atoms with van der Waals surface area (Å²) in [7, 11) is 1.33. The average molecular weight is 434 g/mol. The molecule has 0 aliphatic carbocycles. The maximum Gasteiger partial charge on any atom is 0.337 e. The van der Waals surface area contributed by atoms with Gasteiger partial charge >= 0.3 is 5.97 Å². The highest BCUT2D eigenvalue weighted by Crippen LogP contribution is 2.18. The van der Waals surface area contributed by atoms with Crippen LogP contribution in [0.5, 0.6) is 0 Å². The van der Waals surface area contributed by atoms with Gasteiger partial charge in [0.1, 0.15) is 6.04 Å². The van der Waals surface area contributed by atoms with Gasteiger partial charge in [-0.15, -0.1) is 0 Å². The van der Waals surface area contributed by atoms with Gasteiger partial charge in [-0.05, 0) is 61.1 Å². The van der Waals surface area contributed by atoms with Crippen LogP contribution in [0.25, 0.3) is 0 Å². The maximum absolute atomic E-state index is 13.0. The van der Waals surface area contributed by atoms with Gasteiger partial charge in [-0.1, -0.05) is 48.0 Å². The summed E-state index contributed by atoms with van der Waals surface area (Å²) < 4.78 is 4.70. The van der Waals surface area contributed by atoms with E-state index in [-0.39, 0.29) is 11.0 Å². The molecule has 3 rings (SSSR count). The van der Waals surface area contributed by atoms with Crippen molar-refractivity contribution < 1.29 is 14.3 Å². The second-order valence-corrected chi connectivity index (χ2v) is 7.27. The minimum atomic E-state index is -0.697. The molecule has 0 aliphatic heterocycles. The van der Waals surface area contributed by atoms with Crippen molar-refractivity contribution in [3.63, 3.8) is 0 Å². The predicted octanol–water partition coefficient (Wildman–Crippen LogP) is 4.45. The SMILES string of the molecule is COC(=O)c1ccc(NC(=S)NC(C(=O)Nc2ccc(C)cc2)c2ccccc2)cc1. The Morgan fingerprint density at radius 2 is 1.42 bits per heavy atom. The number of ether oxygens (including phenoxy) is 1. The van der Waals surface area contributed by atoms with Gasteiger partial charge in [0.2, 0.25) is 0 Å². The van der Waals surface area contributed by atoms with E-state index >= 15 is 0 Å². The molecule has 7 heteroatoms. The monoisotopic (exact) mass is 433 g/mol. The first-order valence-corrected chi connectivity index (χ1v) is 10.1. The van der Waals surface area contributed by atoms with E-state index < -0.39 is 12.0 Å². The van der Waals surface area contributed by atoms with Crippen LogP contribution in [0.4, 0.5) is 11.4 Å². The molecular weight excluding hydrogens is 410 g/mol. The molecule has 0 aliphatic rings. The maximum atomic E-state index is 13.0. The lowest BCUT2D eigenvalue weighted by Gasteiger charge is -2.21. The summed E-state index contributed by atoms with van der Waals surface area (Å²) in [5.74, 6) is -0.649. The lowest BCUT2D eigenvalue weighted by Crippen LogP contribution is -2.39. The van der Waals surface area contributed by atoms with E-state index in [1.165, 1.54) is 7.11 Å². The smallest absolute Gasteiger partial charge is 0.337 e. The molecular formula is C24H23N3O3S. The lowest BCUT2D eigenvalue weighted by atomic mass is 10.1. The van der Waals surface area contributed by atoms with Crippen LogP contribution in [0.1, 0.15) is 27.5 Å². The summed E-state index contributed by atoms with van der Waals surface area (Å²) in [5, 5.41) is 9.32. The topological polar surface area (TPSA) is 79.5 Å². The van der Waals surface area contributed by atoms with Crippen LogP contribution in [-0.4, -0.2) is 24.1 Å². The van der Waals surface area contributed by atoms with E-state index in [9.17, 15) is 9.59 Å². The Morgan fingerprint density at radius 1 is 0.839 bits per heavy atom. The van der Waals surface area contributed by atoms with Gasteiger partial charge in [0.05, 0.1) is 12.7 Å². The standard InChI is InChI=1S/C24H23N3O3S/c1-16-8-12-19(13-9-16)25-22(28)21(17-6-4-3-5-7-17)27-24(31)26-20-14-10-18(11-15-20)23(29)30-2/h3-15,21H,1-2H3,(H,25,28)(H2,26,27,31). The molecule has 0 radical (unpaired) electrons. The zero-order valence-electron chi connectivity index (χ0n) is 17.2. The molecule has 0 saturated carbocycles. The second kappa shape index (κ2) is 10.4. The van der Waals surface area contributed by atoms with Crippen LogP contribution in [0.2, 0.25) is 0 Å². The molecule has 0 saturated heterocycles. The summed E-state index contributed by atoms with van der Waals surface area (Å²) in [6, 6.07) is 22.9. The number of hydrogen-bond acceptors (Lipinski definition) is 4. The first-order valence-electron chi connectivity index (χ1n) is 9.64. The molecule has 3 aromatic rings. The van der Waals surface area contributed by atoms with Crippen molar-refractivity contribution >= 4 is 40.6 Å². The fourth-order valence-corrected chi connectivity index (χ4v) is 3.14. The Bertz CT molecular complexity index is 1050. The summed E-state index contributed by atoms with van der Waals surface area (Å²) in [5.41, 5.74) is 3.70. The Labute approximate surface area is 186 Å². The number of nitrogens with one attached hydrogen (secondary N) is 3. The first kappa shape index (κ1) is 22.0. The van der Waals surface area contributed by atoms with Gasteiger partial charge in [-0.2, -0.15) is 0 Å². The van der Waals surface area contributed by atoms with Crippen LogP contribution < -0.4 is 16.0 Å². The third kappa shape index (κ3) is 6.13. The second-order valence-electron chi connectivity index (χ2n) is 6.87. The van der Waals surface area contributed by atoms with E-state index in [1.54, 1.807) is 24.3 Å². The predicted molar refractivity (Wildman–Crippen MR) is 126 cm³/mol. The average Bonchev–Trinajstić information content (AvgIpc) is 2.79. The normalized spacial score (nSPS) is 11.2. The molecule has 1 amide bonds. The van der Waals surface area contributed by atoms with Crippen molar-refractivity contribution in [2.45, 2.75) is 13.0 Å². The highest BCUT2D eigenvalue weighted by atomic mass is 32.1. The van der Waals surface area contributed by atoms with E-state index in [2.05, 4.69) is 16.0 Å². The molecule has 158 valence electrons. The van der Waals surface area contributed by atoms with E-state index in [0.29, 0.717) is 16.9 Å². The largest absolute Gasteiger partial charge is 0.465 e. The van der Waals surface area contributed by atoms with Crippen molar-refractivity contribution in [2.75, 3.05) is 17.7 Å². The van der Waals surface area contributed by atoms with Crippen LogP contribution in [0.3, 0.4) is 0 Å². The van der Waals surface area contributed by atoms with E-state index in [0.717, 1.165) is 11.1 Å². The van der Waals surface area contributed by atoms with Crippen molar-refractivity contribution in [1.82, 2.24) is 5.32 Å². The summed E-state index contributed by atoms with van der Waals surface area (Å²) in [6.07, 6.45) is 0. The number of hydrogen-bond donors (Lipinski definition) is 3. The molecule has 1 atom stereocenters. The summed E-state index contributed by atoms with van der Waals surface area (Å²) in [4.78, 5) is 24.6. The molecule has 0 aromatic heterocycles. The molecule has 0 heterocycles. The van der Waals surface area contributed by atoms with Crippen LogP contribution >= 0.6 is 12.2 Å². The molecule has 1 unspecified atom stereocenters. The number of carbonyl (C=O) groups is 2. The number of amides is 1. The van der Waals surface area contributed by atoms with Crippen molar-refractivity contribution in [3.05, 3.63) is 95.6 Å². The third-order valence-corrected chi connectivity index (χ3v) is 4.77. The zero-order chi connectivity index (χ0) is 22.2. The summed E-state index contributed by atoms with van der Waals surface area (Å²) >= 11 is 5.43. The van der Waals surface area contributed by atoms with E-state index in [1.807, 2.05) is 61.5 Å². The van der Waals surface area contributed by atoms with Crippen LogP contribution in [-0.2, 0) is 9.53 Å².